The van der Waals surface area contributed by atoms with Gasteiger partial charge in [-0.2, -0.15) is 0 Å². The molecule has 2 fully saturated rings. The van der Waals surface area contributed by atoms with E-state index in [9.17, 15) is 4.79 Å². The minimum Gasteiger partial charge on any atom is -0.351 e. The molecular formula is C20H23N3O. The number of fused-ring (bicyclic) bond motifs is 2. The summed E-state index contributed by atoms with van der Waals surface area (Å²) in [4.78, 5) is 15.6. The van der Waals surface area contributed by atoms with E-state index in [1.807, 2.05) is 38.6 Å². The first-order valence-electron chi connectivity index (χ1n) is 8.49. The van der Waals surface area contributed by atoms with Gasteiger partial charge in [0.25, 0.3) is 0 Å². The van der Waals surface area contributed by atoms with E-state index in [2.05, 4.69) is 45.4 Å². The summed E-state index contributed by atoms with van der Waals surface area (Å²) in [5.74, 6) is 0.211. The minimum atomic E-state index is 0.211. The van der Waals surface area contributed by atoms with Crippen molar-refractivity contribution in [3.8, 4) is 0 Å². The Morgan fingerprint density at radius 1 is 0.875 bits per heavy atom. The van der Waals surface area contributed by atoms with Gasteiger partial charge >= 0.3 is 0 Å². The maximum absolute atomic E-state index is 13.2. The Hall–Kier alpha value is -2.33. The smallest absolute Gasteiger partial charge is 0.188 e. The molecule has 24 heavy (non-hydrogen) atoms. The van der Waals surface area contributed by atoms with Gasteiger partial charge < -0.3 is 9.13 Å². The predicted molar refractivity (Wildman–Crippen MR) is 96.4 cm³/mol. The lowest BCUT2D eigenvalue weighted by molar-refractivity contribution is -0.114. The molecule has 2 aromatic rings. The number of aromatic nitrogens is 2. The Bertz CT molecular complexity index is 784. The van der Waals surface area contributed by atoms with Gasteiger partial charge in [-0.1, -0.05) is 0 Å². The maximum Gasteiger partial charge on any atom is 0.188 e. The molecule has 2 aliphatic heterocycles. The lowest BCUT2D eigenvalue weighted by atomic mass is 9.89. The lowest BCUT2D eigenvalue weighted by Gasteiger charge is -2.34. The van der Waals surface area contributed by atoms with Crippen LogP contribution in [0.2, 0.25) is 0 Å². The van der Waals surface area contributed by atoms with Gasteiger partial charge in [-0.05, 0) is 56.3 Å². The summed E-state index contributed by atoms with van der Waals surface area (Å²) >= 11 is 0. The normalized spacial score (nSPS) is 27.5. The zero-order valence-corrected chi connectivity index (χ0v) is 14.4. The summed E-state index contributed by atoms with van der Waals surface area (Å²) < 4.78 is 4.11. The van der Waals surface area contributed by atoms with Crippen molar-refractivity contribution < 1.29 is 4.79 Å². The summed E-state index contributed by atoms with van der Waals surface area (Å²) in [6, 6.07) is 8.62. The SMILES string of the molecule is CN1[C@@H]2CC[C@@H]1/C(=C/c1cccn1C)C(=O)/C2=C\c1cccn1C. The molecule has 0 radical (unpaired) electrons. The van der Waals surface area contributed by atoms with Gasteiger partial charge in [0.2, 0.25) is 0 Å². The molecule has 4 rings (SSSR count). The quantitative estimate of drug-likeness (QED) is 0.796. The van der Waals surface area contributed by atoms with Crippen LogP contribution in [0.3, 0.4) is 0 Å². The van der Waals surface area contributed by atoms with Crippen LogP contribution in [0.15, 0.2) is 47.8 Å². The minimum absolute atomic E-state index is 0.211. The number of piperidine rings is 1. The largest absolute Gasteiger partial charge is 0.351 e. The maximum atomic E-state index is 13.2. The molecule has 2 aromatic heterocycles. The Balaban J connectivity index is 1.81. The van der Waals surface area contributed by atoms with Crippen LogP contribution in [0.25, 0.3) is 12.2 Å². The standard InChI is InChI=1S/C20H23N3O/c1-21-10-4-6-14(21)12-16-18-8-9-19(23(18)3)17(20(16)24)13-15-7-5-11-22(15)2/h4-7,10-13,18-19H,8-9H2,1-3H3/b16-12-,17-13-/t18-,19-/m1/s1. The number of hydrogen-bond donors (Lipinski definition) is 0. The van der Waals surface area contributed by atoms with Gasteiger partial charge in [-0.3, -0.25) is 9.69 Å². The Labute approximate surface area is 142 Å². The number of aryl methyl sites for hydroxylation is 2. The average molecular weight is 321 g/mol. The fraction of sp³-hybridized carbons (Fsp3) is 0.350. The van der Waals surface area contributed by atoms with Crippen molar-refractivity contribution in [3.63, 3.8) is 0 Å². The van der Waals surface area contributed by atoms with Crippen molar-refractivity contribution in [3.05, 3.63) is 59.2 Å². The van der Waals surface area contributed by atoms with Gasteiger partial charge in [0.15, 0.2) is 5.78 Å². The molecule has 0 N–H and O–H groups in total. The third-order valence-corrected chi connectivity index (χ3v) is 5.51. The first-order valence-corrected chi connectivity index (χ1v) is 8.49. The van der Waals surface area contributed by atoms with Gasteiger partial charge in [0, 0.05) is 61.1 Å². The monoisotopic (exact) mass is 321 g/mol. The van der Waals surface area contributed by atoms with Crippen LogP contribution < -0.4 is 0 Å². The molecule has 0 unspecified atom stereocenters. The molecule has 2 bridgehead atoms. The Morgan fingerprint density at radius 2 is 1.33 bits per heavy atom. The number of ketones is 1. The molecule has 4 heteroatoms. The van der Waals surface area contributed by atoms with Crippen molar-refractivity contribution >= 4 is 17.9 Å². The molecule has 124 valence electrons. The van der Waals surface area contributed by atoms with E-state index in [-0.39, 0.29) is 17.9 Å². The lowest BCUT2D eigenvalue weighted by Crippen LogP contribution is -2.43. The van der Waals surface area contributed by atoms with E-state index in [1.54, 1.807) is 0 Å². The molecule has 0 saturated carbocycles. The van der Waals surface area contributed by atoms with Gasteiger partial charge in [0.05, 0.1) is 0 Å². The summed E-state index contributed by atoms with van der Waals surface area (Å²) in [5, 5.41) is 0. The molecule has 4 nitrogen and oxygen atoms in total. The summed E-state index contributed by atoms with van der Waals surface area (Å²) in [7, 11) is 6.18. The van der Waals surface area contributed by atoms with Crippen LogP contribution in [0, 0.1) is 0 Å². The fourth-order valence-electron chi connectivity index (χ4n) is 4.05. The van der Waals surface area contributed by atoms with Gasteiger partial charge in [0.1, 0.15) is 0 Å². The molecule has 2 saturated heterocycles. The first-order chi connectivity index (χ1) is 11.6. The molecule has 4 heterocycles. The van der Waals surface area contributed by atoms with Crippen LogP contribution in [-0.4, -0.2) is 38.9 Å². The second kappa shape index (κ2) is 5.64. The van der Waals surface area contributed by atoms with E-state index in [0.717, 1.165) is 35.4 Å². The molecule has 0 aromatic carbocycles. The van der Waals surface area contributed by atoms with Crippen LogP contribution in [-0.2, 0) is 18.9 Å². The van der Waals surface area contributed by atoms with E-state index >= 15 is 0 Å². The highest BCUT2D eigenvalue weighted by atomic mass is 16.1. The molecule has 0 spiro atoms. The zero-order valence-electron chi connectivity index (χ0n) is 14.4. The number of likely N-dealkylation sites (N-methyl/N-ethyl adjacent to an activating group) is 1. The number of rotatable bonds is 2. The van der Waals surface area contributed by atoms with Crippen LogP contribution >= 0.6 is 0 Å². The van der Waals surface area contributed by atoms with Crippen molar-refractivity contribution in [1.82, 2.24) is 14.0 Å². The first kappa shape index (κ1) is 15.2. The van der Waals surface area contributed by atoms with E-state index in [1.165, 1.54) is 0 Å². The number of nitrogens with zero attached hydrogens (tertiary/aromatic N) is 3. The fourth-order valence-corrected chi connectivity index (χ4v) is 4.05. The van der Waals surface area contributed by atoms with Crippen LogP contribution in [0.4, 0.5) is 0 Å². The second-order valence-electron chi connectivity index (χ2n) is 6.89. The third-order valence-electron chi connectivity index (χ3n) is 5.51. The van der Waals surface area contributed by atoms with E-state index in [0.29, 0.717) is 0 Å². The molecule has 0 aliphatic carbocycles. The summed E-state index contributed by atoms with van der Waals surface area (Å²) in [6.45, 7) is 0. The van der Waals surface area contributed by atoms with Crippen molar-refractivity contribution in [2.45, 2.75) is 24.9 Å². The Morgan fingerprint density at radius 3 is 1.71 bits per heavy atom. The number of hydrogen-bond acceptors (Lipinski definition) is 2. The third kappa shape index (κ3) is 2.29. The highest BCUT2D eigenvalue weighted by Crippen LogP contribution is 2.40. The van der Waals surface area contributed by atoms with Crippen molar-refractivity contribution in [1.29, 1.82) is 0 Å². The van der Waals surface area contributed by atoms with Crippen molar-refractivity contribution in [2.75, 3.05) is 7.05 Å². The average Bonchev–Trinajstić information content (AvgIpc) is 3.22. The topological polar surface area (TPSA) is 30.2 Å². The molecule has 2 atom stereocenters. The number of carbonyl (C=O) groups is 1. The second-order valence-corrected chi connectivity index (χ2v) is 6.89. The number of Topliss-reactive ketones (excluding diaryl/α,β-unsaturated/α-hetero) is 1. The molecule has 2 aliphatic rings. The zero-order chi connectivity index (χ0) is 16.8. The highest BCUT2D eigenvalue weighted by Gasteiger charge is 2.44. The molecular weight excluding hydrogens is 298 g/mol. The number of carbonyl (C=O) groups excluding carboxylic acids is 1. The summed E-state index contributed by atoms with van der Waals surface area (Å²) in [5.41, 5.74) is 4.01. The van der Waals surface area contributed by atoms with E-state index in [4.69, 9.17) is 0 Å². The molecule has 0 amide bonds. The summed E-state index contributed by atoms with van der Waals surface area (Å²) in [6.07, 6.45) is 10.3. The van der Waals surface area contributed by atoms with Gasteiger partial charge in [-0.15, -0.1) is 0 Å². The highest BCUT2D eigenvalue weighted by molar-refractivity contribution is 6.16. The predicted octanol–water partition coefficient (Wildman–Crippen LogP) is 2.88. The van der Waals surface area contributed by atoms with E-state index < -0.39 is 0 Å². The Kier molecular flexibility index (Phi) is 3.57. The van der Waals surface area contributed by atoms with Crippen LogP contribution in [0.1, 0.15) is 24.2 Å². The van der Waals surface area contributed by atoms with Crippen LogP contribution in [0.5, 0.6) is 0 Å². The van der Waals surface area contributed by atoms with Gasteiger partial charge in [-0.25, -0.2) is 0 Å². The van der Waals surface area contributed by atoms with Crippen molar-refractivity contribution in [2.24, 2.45) is 14.1 Å².